The molecule has 0 amide bonds. The van der Waals surface area contributed by atoms with Gasteiger partial charge in [0.05, 0.1) is 12.2 Å². The van der Waals surface area contributed by atoms with Crippen LogP contribution in [-0.4, -0.2) is 28.9 Å². The van der Waals surface area contributed by atoms with Crippen molar-refractivity contribution >= 4 is 5.97 Å². The van der Waals surface area contributed by atoms with Crippen molar-refractivity contribution in [2.75, 3.05) is 6.61 Å². The molecule has 2 aromatic carbocycles. The molecular formula is C22H16F6N2O4. The molecule has 0 saturated carbocycles. The van der Waals surface area contributed by atoms with E-state index in [-0.39, 0.29) is 41.6 Å². The molecule has 0 aliphatic carbocycles. The fourth-order valence-electron chi connectivity index (χ4n) is 2.78. The van der Waals surface area contributed by atoms with Crippen molar-refractivity contribution in [1.29, 1.82) is 0 Å². The van der Waals surface area contributed by atoms with Gasteiger partial charge in [-0.3, -0.25) is 0 Å². The van der Waals surface area contributed by atoms with Gasteiger partial charge in [-0.1, -0.05) is 24.3 Å². The first-order chi connectivity index (χ1) is 16.0. The van der Waals surface area contributed by atoms with Crippen molar-refractivity contribution in [3.8, 4) is 23.0 Å². The van der Waals surface area contributed by atoms with Crippen LogP contribution in [0, 0.1) is 0 Å². The van der Waals surface area contributed by atoms with E-state index >= 15 is 0 Å². The lowest BCUT2D eigenvalue weighted by Crippen LogP contribution is -2.17. The molecule has 34 heavy (non-hydrogen) atoms. The third-order valence-electron chi connectivity index (χ3n) is 4.20. The molecule has 180 valence electrons. The predicted octanol–water partition coefficient (Wildman–Crippen LogP) is 5.82. The lowest BCUT2D eigenvalue weighted by Gasteiger charge is -2.13. The van der Waals surface area contributed by atoms with Gasteiger partial charge in [0.1, 0.15) is 17.9 Å². The molecule has 1 heterocycles. The average Bonchev–Trinajstić information content (AvgIpc) is 2.76. The van der Waals surface area contributed by atoms with Crippen molar-refractivity contribution in [3.05, 3.63) is 71.4 Å². The Labute approximate surface area is 189 Å². The standard InChI is InChI=1S/C22H16F6N2O4/c1-2-32-20(31)17-11-29-18(14-6-4-7-15(10-14)21(23,24)25)30-19(17)33-12-13-5-3-8-16(9-13)34-22(26,27)28/h3-11H,2,12H2,1H3. The minimum Gasteiger partial charge on any atom is -0.472 e. The van der Waals surface area contributed by atoms with Gasteiger partial charge in [-0.2, -0.15) is 18.2 Å². The Balaban J connectivity index is 1.92. The van der Waals surface area contributed by atoms with Crippen LogP contribution in [0.25, 0.3) is 11.4 Å². The van der Waals surface area contributed by atoms with Crippen LogP contribution in [0.3, 0.4) is 0 Å². The highest BCUT2D eigenvalue weighted by molar-refractivity contribution is 5.91. The first kappa shape index (κ1) is 24.8. The molecule has 12 heteroatoms. The van der Waals surface area contributed by atoms with Crippen LogP contribution in [-0.2, 0) is 17.5 Å². The van der Waals surface area contributed by atoms with E-state index in [2.05, 4.69) is 14.7 Å². The van der Waals surface area contributed by atoms with Gasteiger partial charge in [0, 0.05) is 11.8 Å². The number of halogens is 6. The molecule has 0 fully saturated rings. The molecule has 6 nitrogen and oxygen atoms in total. The quantitative estimate of drug-likeness (QED) is 0.310. The van der Waals surface area contributed by atoms with E-state index in [0.29, 0.717) is 0 Å². The van der Waals surface area contributed by atoms with Gasteiger partial charge >= 0.3 is 18.5 Å². The van der Waals surface area contributed by atoms with Crippen LogP contribution in [0.4, 0.5) is 26.3 Å². The molecule has 0 aliphatic heterocycles. The molecule has 0 aliphatic rings. The second-order valence-electron chi connectivity index (χ2n) is 6.70. The Morgan fingerprint density at radius 2 is 1.74 bits per heavy atom. The fourth-order valence-corrected chi connectivity index (χ4v) is 2.78. The number of hydrogen-bond acceptors (Lipinski definition) is 6. The summed E-state index contributed by atoms with van der Waals surface area (Å²) >= 11 is 0. The summed E-state index contributed by atoms with van der Waals surface area (Å²) in [5.74, 6) is -1.81. The van der Waals surface area contributed by atoms with E-state index in [1.165, 1.54) is 24.3 Å². The summed E-state index contributed by atoms with van der Waals surface area (Å²) < 4.78 is 90.8. The van der Waals surface area contributed by atoms with Crippen molar-refractivity contribution in [3.63, 3.8) is 0 Å². The Morgan fingerprint density at radius 1 is 1.00 bits per heavy atom. The Kier molecular flexibility index (Phi) is 7.28. The SMILES string of the molecule is CCOC(=O)c1cnc(-c2cccc(C(F)(F)F)c2)nc1OCc1cccc(OC(F)(F)F)c1. The van der Waals surface area contributed by atoms with Crippen molar-refractivity contribution in [2.24, 2.45) is 0 Å². The molecule has 0 N–H and O–H groups in total. The lowest BCUT2D eigenvalue weighted by atomic mass is 10.1. The first-order valence-electron chi connectivity index (χ1n) is 9.65. The lowest BCUT2D eigenvalue weighted by molar-refractivity contribution is -0.274. The van der Waals surface area contributed by atoms with E-state index in [0.717, 1.165) is 30.5 Å². The number of rotatable bonds is 7. The van der Waals surface area contributed by atoms with E-state index in [1.807, 2.05) is 0 Å². The number of aromatic nitrogens is 2. The van der Waals surface area contributed by atoms with Crippen molar-refractivity contribution in [1.82, 2.24) is 9.97 Å². The molecule has 1 aromatic heterocycles. The summed E-state index contributed by atoms with van der Waals surface area (Å²) in [6.45, 7) is 1.24. The van der Waals surface area contributed by atoms with Crippen LogP contribution in [0.2, 0.25) is 0 Å². The van der Waals surface area contributed by atoms with Crippen LogP contribution in [0.5, 0.6) is 11.6 Å². The Hall–Kier alpha value is -3.83. The smallest absolute Gasteiger partial charge is 0.472 e. The molecule has 0 unspecified atom stereocenters. The zero-order valence-corrected chi connectivity index (χ0v) is 17.4. The third-order valence-corrected chi connectivity index (χ3v) is 4.20. The second-order valence-corrected chi connectivity index (χ2v) is 6.70. The number of alkyl halides is 6. The highest BCUT2D eigenvalue weighted by Crippen LogP contribution is 2.32. The highest BCUT2D eigenvalue weighted by atomic mass is 19.4. The van der Waals surface area contributed by atoms with E-state index in [9.17, 15) is 31.1 Å². The van der Waals surface area contributed by atoms with Gasteiger partial charge in [-0.25, -0.2) is 9.78 Å². The van der Waals surface area contributed by atoms with Gasteiger partial charge in [0.25, 0.3) is 0 Å². The number of ether oxygens (including phenoxy) is 3. The first-order valence-corrected chi connectivity index (χ1v) is 9.65. The Morgan fingerprint density at radius 3 is 2.41 bits per heavy atom. The normalized spacial score (nSPS) is 11.7. The number of carbonyl (C=O) groups is 1. The molecule has 0 spiro atoms. The van der Waals surface area contributed by atoms with Crippen molar-refractivity contribution < 1.29 is 45.3 Å². The van der Waals surface area contributed by atoms with E-state index in [1.54, 1.807) is 6.92 Å². The number of hydrogen-bond donors (Lipinski definition) is 0. The molecular weight excluding hydrogens is 470 g/mol. The molecule has 0 bridgehead atoms. The number of carbonyl (C=O) groups excluding carboxylic acids is 1. The second kappa shape index (κ2) is 9.98. The molecule has 0 radical (unpaired) electrons. The summed E-state index contributed by atoms with van der Waals surface area (Å²) in [5.41, 5.74) is -0.876. The zero-order valence-electron chi connectivity index (χ0n) is 17.4. The topological polar surface area (TPSA) is 70.5 Å². The zero-order chi connectivity index (χ0) is 24.9. The molecule has 0 saturated heterocycles. The summed E-state index contributed by atoms with van der Waals surface area (Å²) in [6, 6.07) is 9.15. The van der Waals surface area contributed by atoms with Crippen LogP contribution < -0.4 is 9.47 Å². The van der Waals surface area contributed by atoms with Gasteiger partial charge in [-0.05, 0) is 36.8 Å². The van der Waals surface area contributed by atoms with Gasteiger partial charge in [0.2, 0.25) is 5.88 Å². The van der Waals surface area contributed by atoms with E-state index < -0.39 is 29.8 Å². The maximum atomic E-state index is 13.1. The van der Waals surface area contributed by atoms with E-state index in [4.69, 9.17) is 9.47 Å². The monoisotopic (exact) mass is 486 g/mol. The fraction of sp³-hybridized carbons (Fsp3) is 0.227. The maximum absolute atomic E-state index is 13.1. The minimum absolute atomic E-state index is 0.00987. The summed E-state index contributed by atoms with van der Waals surface area (Å²) in [7, 11) is 0. The summed E-state index contributed by atoms with van der Waals surface area (Å²) in [6.07, 6.45) is -8.44. The minimum atomic E-state index is -4.89. The Bertz CT molecular complexity index is 1160. The largest absolute Gasteiger partial charge is 0.573 e. The van der Waals surface area contributed by atoms with Gasteiger partial charge in [0.15, 0.2) is 5.82 Å². The average molecular weight is 486 g/mol. The number of benzene rings is 2. The van der Waals surface area contributed by atoms with Crippen LogP contribution >= 0.6 is 0 Å². The third kappa shape index (κ3) is 6.59. The van der Waals surface area contributed by atoms with Crippen molar-refractivity contribution in [2.45, 2.75) is 26.1 Å². The number of nitrogens with zero attached hydrogens (tertiary/aromatic N) is 2. The van der Waals surface area contributed by atoms with Gasteiger partial charge < -0.3 is 14.2 Å². The summed E-state index contributed by atoms with van der Waals surface area (Å²) in [4.78, 5) is 20.2. The summed E-state index contributed by atoms with van der Waals surface area (Å²) in [5, 5.41) is 0. The maximum Gasteiger partial charge on any atom is 0.573 e. The molecule has 3 aromatic rings. The van der Waals surface area contributed by atoms with Crippen LogP contribution in [0.15, 0.2) is 54.7 Å². The highest BCUT2D eigenvalue weighted by Gasteiger charge is 2.32. The number of esters is 1. The molecule has 3 rings (SSSR count). The molecule has 0 atom stereocenters. The van der Waals surface area contributed by atoms with Gasteiger partial charge in [-0.15, -0.1) is 13.2 Å². The van der Waals surface area contributed by atoms with Crippen LogP contribution in [0.1, 0.15) is 28.4 Å². The predicted molar refractivity (Wildman–Crippen MR) is 106 cm³/mol.